The highest BCUT2D eigenvalue weighted by molar-refractivity contribution is 8.13. The summed E-state index contributed by atoms with van der Waals surface area (Å²) in [6.07, 6.45) is 1.96. The molecule has 1 aliphatic rings. The Kier molecular flexibility index (Phi) is 4.19. The molecular formula is C14H15N5O2S. The molecule has 1 aliphatic heterocycles. The van der Waals surface area contributed by atoms with Crippen LogP contribution in [-0.4, -0.2) is 43.5 Å². The second-order valence-electron chi connectivity index (χ2n) is 5.12. The minimum absolute atomic E-state index is 0.0645. The lowest BCUT2D eigenvalue weighted by atomic mass is 10.1. The second kappa shape index (κ2) is 6.27. The van der Waals surface area contributed by atoms with Gasteiger partial charge in [0.25, 0.3) is 0 Å². The number of hydrogen-bond acceptors (Lipinski definition) is 6. The molecule has 1 atom stereocenters. The molecule has 0 N–H and O–H groups in total. The molecule has 114 valence electrons. The van der Waals surface area contributed by atoms with Crippen LogP contribution >= 0.6 is 11.8 Å². The molecule has 1 amide bonds. The van der Waals surface area contributed by atoms with Crippen molar-refractivity contribution in [3.8, 4) is 5.69 Å². The molecule has 1 saturated heterocycles. The van der Waals surface area contributed by atoms with Crippen LogP contribution in [0.4, 0.5) is 5.69 Å². The van der Waals surface area contributed by atoms with Crippen LogP contribution in [0.5, 0.6) is 0 Å². The van der Waals surface area contributed by atoms with Crippen molar-refractivity contribution >= 4 is 28.5 Å². The van der Waals surface area contributed by atoms with E-state index in [1.54, 1.807) is 16.5 Å². The Morgan fingerprint density at radius 3 is 2.82 bits per heavy atom. The molecule has 0 bridgehead atoms. The van der Waals surface area contributed by atoms with Crippen molar-refractivity contribution < 1.29 is 9.59 Å². The van der Waals surface area contributed by atoms with Gasteiger partial charge in [0.1, 0.15) is 6.33 Å². The van der Waals surface area contributed by atoms with Crippen molar-refractivity contribution in [2.45, 2.75) is 13.3 Å². The van der Waals surface area contributed by atoms with Gasteiger partial charge < -0.3 is 4.90 Å². The van der Waals surface area contributed by atoms with E-state index in [-0.39, 0.29) is 16.9 Å². The fraction of sp³-hybridized carbons (Fsp3) is 0.357. The zero-order valence-electron chi connectivity index (χ0n) is 12.0. The van der Waals surface area contributed by atoms with Gasteiger partial charge in [-0.2, -0.15) is 4.68 Å². The molecule has 1 unspecified atom stereocenters. The summed E-state index contributed by atoms with van der Waals surface area (Å²) in [5, 5.41) is 11.2. The molecule has 22 heavy (non-hydrogen) atoms. The van der Waals surface area contributed by atoms with Gasteiger partial charge in [0, 0.05) is 25.6 Å². The van der Waals surface area contributed by atoms with E-state index in [1.165, 1.54) is 18.1 Å². The third kappa shape index (κ3) is 3.01. The second-order valence-corrected chi connectivity index (χ2v) is 6.32. The van der Waals surface area contributed by atoms with Gasteiger partial charge in [-0.25, -0.2) is 0 Å². The lowest BCUT2D eigenvalue weighted by Crippen LogP contribution is -2.26. The minimum Gasteiger partial charge on any atom is -0.310 e. The number of carbonyl (C=O) groups excluding carboxylic acids is 2. The summed E-state index contributed by atoms with van der Waals surface area (Å²) in [5.74, 6) is 0.919. The number of tetrazole rings is 1. The summed E-state index contributed by atoms with van der Waals surface area (Å²) in [5.41, 5.74) is 1.55. The van der Waals surface area contributed by atoms with Crippen LogP contribution in [-0.2, 0) is 9.59 Å². The fourth-order valence-electron chi connectivity index (χ4n) is 2.52. The van der Waals surface area contributed by atoms with Gasteiger partial charge in [-0.05, 0) is 28.5 Å². The Balaban J connectivity index is 1.83. The maximum Gasteiger partial charge on any atom is 0.227 e. The SMILES string of the molecule is CC(=O)SCC1CC(=O)N(c2ccccc2-n2cnnn2)C1. The predicted molar refractivity (Wildman–Crippen MR) is 82.8 cm³/mol. The van der Waals surface area contributed by atoms with E-state index < -0.39 is 0 Å². The molecule has 2 heterocycles. The zero-order valence-corrected chi connectivity index (χ0v) is 12.9. The zero-order chi connectivity index (χ0) is 15.5. The molecule has 1 aromatic carbocycles. The number of anilines is 1. The van der Waals surface area contributed by atoms with E-state index >= 15 is 0 Å². The number of para-hydroxylation sites is 2. The molecule has 1 fully saturated rings. The Bertz CT molecular complexity index is 688. The average molecular weight is 317 g/mol. The number of rotatable bonds is 4. The largest absolute Gasteiger partial charge is 0.310 e. The first-order chi connectivity index (χ1) is 10.6. The summed E-state index contributed by atoms with van der Waals surface area (Å²) in [7, 11) is 0. The lowest BCUT2D eigenvalue weighted by Gasteiger charge is -2.19. The topological polar surface area (TPSA) is 81.0 Å². The van der Waals surface area contributed by atoms with Crippen LogP contribution in [0.2, 0.25) is 0 Å². The summed E-state index contributed by atoms with van der Waals surface area (Å²) < 4.78 is 1.54. The number of hydrogen-bond donors (Lipinski definition) is 0. The fourth-order valence-corrected chi connectivity index (χ4v) is 3.21. The Morgan fingerprint density at radius 1 is 1.36 bits per heavy atom. The van der Waals surface area contributed by atoms with Crippen molar-refractivity contribution in [3.63, 3.8) is 0 Å². The number of amides is 1. The van der Waals surface area contributed by atoms with E-state index in [1.807, 2.05) is 24.3 Å². The molecule has 0 aliphatic carbocycles. The van der Waals surface area contributed by atoms with Crippen molar-refractivity contribution in [2.24, 2.45) is 5.92 Å². The molecule has 0 radical (unpaired) electrons. The number of carbonyl (C=O) groups is 2. The number of benzene rings is 1. The van der Waals surface area contributed by atoms with Crippen LogP contribution in [0.3, 0.4) is 0 Å². The van der Waals surface area contributed by atoms with Gasteiger partial charge >= 0.3 is 0 Å². The highest BCUT2D eigenvalue weighted by Gasteiger charge is 2.32. The number of thioether (sulfide) groups is 1. The minimum atomic E-state index is 0.0645. The first-order valence-corrected chi connectivity index (χ1v) is 7.90. The van der Waals surface area contributed by atoms with Gasteiger partial charge in [0.2, 0.25) is 5.91 Å². The van der Waals surface area contributed by atoms with E-state index in [4.69, 9.17) is 0 Å². The smallest absolute Gasteiger partial charge is 0.227 e. The molecular weight excluding hydrogens is 302 g/mol. The molecule has 8 heteroatoms. The van der Waals surface area contributed by atoms with Crippen molar-refractivity contribution in [3.05, 3.63) is 30.6 Å². The van der Waals surface area contributed by atoms with Gasteiger partial charge in [0.05, 0.1) is 11.4 Å². The third-order valence-electron chi connectivity index (χ3n) is 3.50. The van der Waals surface area contributed by atoms with Crippen LogP contribution in [0.15, 0.2) is 30.6 Å². The third-order valence-corrected chi connectivity index (χ3v) is 4.54. The molecule has 2 aromatic rings. The summed E-state index contributed by atoms with van der Waals surface area (Å²) in [6, 6.07) is 7.52. The standard InChI is InChI=1S/C14H15N5O2S/c1-10(20)22-8-11-6-14(21)18(7-11)12-4-2-3-5-13(12)19-9-15-16-17-19/h2-5,9,11H,6-8H2,1H3. The Labute approximate surface area is 131 Å². The Morgan fingerprint density at radius 2 is 2.14 bits per heavy atom. The monoisotopic (exact) mass is 317 g/mol. The van der Waals surface area contributed by atoms with E-state index in [9.17, 15) is 9.59 Å². The van der Waals surface area contributed by atoms with Gasteiger partial charge in [-0.1, -0.05) is 23.9 Å². The van der Waals surface area contributed by atoms with Crippen molar-refractivity contribution in [2.75, 3.05) is 17.2 Å². The highest BCUT2D eigenvalue weighted by Crippen LogP contribution is 2.31. The lowest BCUT2D eigenvalue weighted by molar-refractivity contribution is -0.117. The van der Waals surface area contributed by atoms with Crippen LogP contribution in [0.25, 0.3) is 5.69 Å². The van der Waals surface area contributed by atoms with Crippen molar-refractivity contribution in [1.82, 2.24) is 20.2 Å². The molecule has 3 rings (SSSR count). The summed E-state index contributed by atoms with van der Waals surface area (Å²) in [6.45, 7) is 2.16. The first kappa shape index (κ1) is 14.7. The quantitative estimate of drug-likeness (QED) is 0.845. The van der Waals surface area contributed by atoms with Gasteiger partial charge in [0.15, 0.2) is 5.12 Å². The van der Waals surface area contributed by atoms with Crippen LogP contribution in [0.1, 0.15) is 13.3 Å². The maximum absolute atomic E-state index is 12.3. The van der Waals surface area contributed by atoms with Crippen LogP contribution in [0, 0.1) is 5.92 Å². The molecule has 1 aromatic heterocycles. The molecule has 0 saturated carbocycles. The number of nitrogens with zero attached hydrogens (tertiary/aromatic N) is 5. The van der Waals surface area contributed by atoms with E-state index in [2.05, 4.69) is 15.5 Å². The first-order valence-electron chi connectivity index (χ1n) is 6.91. The molecule has 0 spiro atoms. The summed E-state index contributed by atoms with van der Waals surface area (Å²) >= 11 is 1.27. The number of aromatic nitrogens is 4. The van der Waals surface area contributed by atoms with E-state index in [0.29, 0.717) is 18.7 Å². The van der Waals surface area contributed by atoms with Gasteiger partial charge in [-0.15, -0.1) is 5.10 Å². The highest BCUT2D eigenvalue weighted by atomic mass is 32.2. The predicted octanol–water partition coefficient (Wildman–Crippen LogP) is 1.29. The van der Waals surface area contributed by atoms with Crippen molar-refractivity contribution in [1.29, 1.82) is 0 Å². The van der Waals surface area contributed by atoms with Gasteiger partial charge in [-0.3, -0.25) is 9.59 Å². The van der Waals surface area contributed by atoms with Crippen LogP contribution < -0.4 is 4.90 Å². The average Bonchev–Trinajstić information content (AvgIpc) is 3.14. The molecule has 7 nitrogen and oxygen atoms in total. The maximum atomic E-state index is 12.3. The normalized spacial score (nSPS) is 18.0. The van der Waals surface area contributed by atoms with E-state index in [0.717, 1.165) is 11.4 Å². The summed E-state index contributed by atoms with van der Waals surface area (Å²) in [4.78, 5) is 25.2. The Hall–Kier alpha value is -2.22.